The fraction of sp³-hybridized carbons (Fsp3) is 0.400. The average molecular weight is 449 g/mol. The Labute approximate surface area is 194 Å². The van der Waals surface area contributed by atoms with Crippen LogP contribution >= 0.6 is 0 Å². The van der Waals surface area contributed by atoms with Gasteiger partial charge in [-0.15, -0.1) is 0 Å². The first kappa shape index (κ1) is 22.8. The van der Waals surface area contributed by atoms with E-state index in [9.17, 15) is 4.79 Å². The Bertz CT molecular complexity index is 1110. The van der Waals surface area contributed by atoms with Crippen LogP contribution < -0.4 is 21.1 Å². The number of hydrogen-bond donors (Lipinski definition) is 3. The number of nitrogen functional groups attached to an aromatic ring is 1. The van der Waals surface area contributed by atoms with Crippen molar-refractivity contribution in [2.75, 3.05) is 18.9 Å². The lowest BCUT2D eigenvalue weighted by Crippen LogP contribution is -2.36. The first-order chi connectivity index (χ1) is 15.9. The number of nitrogens with two attached hydrogens (primary N) is 1. The van der Waals surface area contributed by atoms with Crippen molar-refractivity contribution >= 4 is 11.7 Å². The van der Waals surface area contributed by atoms with Gasteiger partial charge in [-0.25, -0.2) is 4.98 Å². The highest BCUT2D eigenvalue weighted by molar-refractivity contribution is 5.99. The standard InChI is InChI=1S/C25H32N6O2/c1-4-16(2)21-7-5-6-8-23(21)33-15-20-10-19(13-27-20)30-25(32)22-9-17(11-28-24(22)26)18-12-29-31(3)14-18/h5-9,11-12,14,16,19-20,27H,4,10,13,15H2,1-3H3,(H2,26,28)(H,30,32)/t16?,19-,20-/m0/s1. The van der Waals surface area contributed by atoms with E-state index < -0.39 is 0 Å². The van der Waals surface area contributed by atoms with Gasteiger partial charge in [0.1, 0.15) is 18.2 Å². The maximum atomic E-state index is 12.9. The predicted molar refractivity (Wildman–Crippen MR) is 129 cm³/mol. The number of hydrogen-bond acceptors (Lipinski definition) is 6. The van der Waals surface area contributed by atoms with E-state index in [1.54, 1.807) is 23.1 Å². The van der Waals surface area contributed by atoms with Gasteiger partial charge in [0, 0.05) is 49.2 Å². The maximum Gasteiger partial charge on any atom is 0.255 e. The number of anilines is 1. The summed E-state index contributed by atoms with van der Waals surface area (Å²) >= 11 is 0. The van der Waals surface area contributed by atoms with Crippen molar-refractivity contribution in [2.24, 2.45) is 7.05 Å². The summed E-state index contributed by atoms with van der Waals surface area (Å²) in [5.74, 6) is 1.38. The molecule has 3 heterocycles. The summed E-state index contributed by atoms with van der Waals surface area (Å²) in [6.45, 7) is 5.63. The van der Waals surface area contributed by atoms with Gasteiger partial charge in [-0.05, 0) is 36.5 Å². The van der Waals surface area contributed by atoms with Crippen molar-refractivity contribution in [3.8, 4) is 16.9 Å². The maximum absolute atomic E-state index is 12.9. The quantitative estimate of drug-likeness (QED) is 0.489. The highest BCUT2D eigenvalue weighted by Crippen LogP contribution is 2.29. The molecule has 1 aliphatic heterocycles. The first-order valence-electron chi connectivity index (χ1n) is 11.4. The van der Waals surface area contributed by atoms with Crippen LogP contribution in [0.1, 0.15) is 48.5 Å². The summed E-state index contributed by atoms with van der Waals surface area (Å²) in [5.41, 5.74) is 9.31. The van der Waals surface area contributed by atoms with Gasteiger partial charge >= 0.3 is 0 Å². The monoisotopic (exact) mass is 448 g/mol. The molecule has 174 valence electrons. The molecule has 4 N–H and O–H groups in total. The van der Waals surface area contributed by atoms with Gasteiger partial charge in [0.2, 0.25) is 0 Å². The molecule has 0 bridgehead atoms. The second kappa shape index (κ2) is 10.0. The molecular formula is C25H32N6O2. The number of amides is 1. The third-order valence-corrected chi connectivity index (χ3v) is 6.26. The molecule has 3 atom stereocenters. The van der Waals surface area contributed by atoms with E-state index in [4.69, 9.17) is 10.5 Å². The smallest absolute Gasteiger partial charge is 0.255 e. The van der Waals surface area contributed by atoms with Crippen LogP contribution in [0.5, 0.6) is 5.75 Å². The highest BCUT2D eigenvalue weighted by Gasteiger charge is 2.27. The summed E-state index contributed by atoms with van der Waals surface area (Å²) in [6.07, 6.45) is 7.12. The normalized spacial score (nSPS) is 18.8. The molecule has 0 aliphatic carbocycles. The Kier molecular flexibility index (Phi) is 6.93. The zero-order valence-corrected chi connectivity index (χ0v) is 19.4. The first-order valence-corrected chi connectivity index (χ1v) is 11.4. The van der Waals surface area contributed by atoms with E-state index in [2.05, 4.69) is 46.7 Å². The third-order valence-electron chi connectivity index (χ3n) is 6.26. The number of nitrogens with zero attached hydrogens (tertiary/aromatic N) is 3. The minimum Gasteiger partial charge on any atom is -0.492 e. The van der Waals surface area contributed by atoms with Gasteiger partial charge in [0.05, 0.1) is 11.8 Å². The van der Waals surface area contributed by atoms with Crippen molar-refractivity contribution in [3.63, 3.8) is 0 Å². The van der Waals surface area contributed by atoms with Gasteiger partial charge in [-0.3, -0.25) is 9.48 Å². The third kappa shape index (κ3) is 5.34. The predicted octanol–water partition coefficient (Wildman–Crippen LogP) is 3.12. The molecule has 8 heteroatoms. The van der Waals surface area contributed by atoms with Crippen molar-refractivity contribution in [2.45, 2.75) is 44.7 Å². The molecule has 4 rings (SSSR count). The van der Waals surface area contributed by atoms with Crippen LogP contribution in [0.4, 0.5) is 5.82 Å². The molecule has 1 saturated heterocycles. The van der Waals surface area contributed by atoms with Crippen molar-refractivity contribution in [3.05, 3.63) is 60.0 Å². The van der Waals surface area contributed by atoms with Crippen LogP contribution in [0.2, 0.25) is 0 Å². The average Bonchev–Trinajstić information content (AvgIpc) is 3.46. The molecule has 1 fully saturated rings. The zero-order valence-electron chi connectivity index (χ0n) is 19.4. The van der Waals surface area contributed by atoms with Gasteiger partial charge in [0.15, 0.2) is 0 Å². The number of rotatable bonds is 8. The molecule has 3 aromatic rings. The Balaban J connectivity index is 1.35. The number of aromatic nitrogens is 3. The molecule has 0 saturated carbocycles. The summed E-state index contributed by atoms with van der Waals surface area (Å²) in [5, 5.41) is 10.7. The SMILES string of the molecule is CCC(C)c1ccccc1OC[C@@H]1C[C@H](NC(=O)c2cc(-c3cnn(C)c3)cnc2N)CN1. The second-order valence-corrected chi connectivity index (χ2v) is 8.73. The van der Waals surface area contributed by atoms with Gasteiger partial charge < -0.3 is 21.1 Å². The number of carbonyl (C=O) groups is 1. The van der Waals surface area contributed by atoms with E-state index in [0.29, 0.717) is 24.6 Å². The number of ether oxygens (including phenoxy) is 1. The lowest BCUT2D eigenvalue weighted by molar-refractivity contribution is 0.0940. The molecule has 8 nitrogen and oxygen atoms in total. The lowest BCUT2D eigenvalue weighted by Gasteiger charge is -2.18. The summed E-state index contributed by atoms with van der Waals surface area (Å²) in [7, 11) is 1.85. The van der Waals surface area contributed by atoms with Gasteiger partial charge in [0.25, 0.3) is 5.91 Å². The zero-order chi connectivity index (χ0) is 23.4. The fourth-order valence-corrected chi connectivity index (χ4v) is 4.13. The Morgan fingerprint density at radius 3 is 2.91 bits per heavy atom. The topological polar surface area (TPSA) is 107 Å². The number of pyridine rings is 1. The molecule has 2 aromatic heterocycles. The minimum absolute atomic E-state index is 0.00245. The number of benzene rings is 1. The molecule has 1 unspecified atom stereocenters. The van der Waals surface area contributed by atoms with E-state index in [1.165, 1.54) is 5.56 Å². The molecule has 33 heavy (non-hydrogen) atoms. The van der Waals surface area contributed by atoms with Crippen molar-refractivity contribution in [1.82, 2.24) is 25.4 Å². The molecule has 1 aliphatic rings. The Hall–Kier alpha value is -3.39. The molecule has 0 spiro atoms. The minimum atomic E-state index is -0.221. The number of nitrogens with one attached hydrogen (secondary N) is 2. The van der Waals surface area contributed by atoms with E-state index in [0.717, 1.165) is 29.7 Å². The summed E-state index contributed by atoms with van der Waals surface area (Å²) in [4.78, 5) is 17.1. The van der Waals surface area contributed by atoms with Gasteiger partial charge in [-0.2, -0.15) is 5.10 Å². The summed E-state index contributed by atoms with van der Waals surface area (Å²) < 4.78 is 7.86. The summed E-state index contributed by atoms with van der Waals surface area (Å²) in [6, 6.07) is 10.1. The fourth-order valence-electron chi connectivity index (χ4n) is 4.13. The molecular weight excluding hydrogens is 416 g/mol. The largest absolute Gasteiger partial charge is 0.492 e. The Morgan fingerprint density at radius 2 is 2.15 bits per heavy atom. The van der Waals surface area contributed by atoms with Crippen molar-refractivity contribution in [1.29, 1.82) is 0 Å². The van der Waals surface area contributed by atoms with E-state index >= 15 is 0 Å². The Morgan fingerprint density at radius 1 is 1.33 bits per heavy atom. The number of para-hydroxylation sites is 1. The van der Waals surface area contributed by atoms with Crippen LogP contribution in [-0.4, -0.2) is 45.9 Å². The van der Waals surface area contributed by atoms with Crippen LogP contribution in [0.3, 0.4) is 0 Å². The van der Waals surface area contributed by atoms with Crippen LogP contribution in [0.25, 0.3) is 11.1 Å². The number of aryl methyl sites for hydroxylation is 1. The highest BCUT2D eigenvalue weighted by atomic mass is 16.5. The van der Waals surface area contributed by atoms with E-state index in [1.807, 2.05) is 25.4 Å². The lowest BCUT2D eigenvalue weighted by atomic mass is 9.98. The molecule has 0 radical (unpaired) electrons. The van der Waals surface area contributed by atoms with Crippen LogP contribution in [0.15, 0.2) is 48.9 Å². The molecule has 1 aromatic carbocycles. The van der Waals surface area contributed by atoms with Crippen molar-refractivity contribution < 1.29 is 9.53 Å². The van der Waals surface area contributed by atoms with E-state index in [-0.39, 0.29) is 23.8 Å². The van der Waals surface area contributed by atoms with Crippen LogP contribution in [-0.2, 0) is 7.05 Å². The van der Waals surface area contributed by atoms with Crippen LogP contribution in [0, 0.1) is 0 Å². The van der Waals surface area contributed by atoms with Gasteiger partial charge in [-0.1, -0.05) is 32.0 Å². The second-order valence-electron chi connectivity index (χ2n) is 8.73. The molecule has 1 amide bonds. The number of carbonyl (C=O) groups excluding carboxylic acids is 1.